The van der Waals surface area contributed by atoms with E-state index >= 15 is 0 Å². The molecule has 3 aromatic carbocycles. The minimum atomic E-state index is 0.476. The van der Waals surface area contributed by atoms with Crippen molar-refractivity contribution in [2.75, 3.05) is 0 Å². The van der Waals surface area contributed by atoms with E-state index in [4.69, 9.17) is 9.72 Å². The van der Waals surface area contributed by atoms with E-state index in [-0.39, 0.29) is 0 Å². The predicted octanol–water partition coefficient (Wildman–Crippen LogP) is 5.25. The molecular formula is C23H22N2O. The zero-order chi connectivity index (χ0) is 17.6. The molecule has 0 aliphatic carbocycles. The molecule has 130 valence electrons. The number of hydrogen-bond donors (Lipinski definition) is 0. The molecule has 0 spiro atoms. The molecule has 0 saturated carbocycles. The van der Waals surface area contributed by atoms with Gasteiger partial charge < -0.3 is 9.30 Å². The number of hydrogen-bond acceptors (Lipinski definition) is 2. The average Bonchev–Trinajstić information content (AvgIpc) is 3.06. The zero-order valence-electron chi connectivity index (χ0n) is 14.7. The summed E-state index contributed by atoms with van der Waals surface area (Å²) >= 11 is 0. The van der Waals surface area contributed by atoms with E-state index in [1.165, 1.54) is 11.1 Å². The maximum atomic E-state index is 5.94. The van der Waals surface area contributed by atoms with Crippen LogP contribution in [0.1, 0.15) is 17.8 Å². The first-order valence-corrected chi connectivity index (χ1v) is 9.06. The molecule has 3 heteroatoms. The van der Waals surface area contributed by atoms with Crippen molar-refractivity contribution in [3.63, 3.8) is 0 Å². The summed E-state index contributed by atoms with van der Waals surface area (Å²) in [5, 5.41) is 0. The summed E-state index contributed by atoms with van der Waals surface area (Å²) in [6.45, 7) is 1.41. The Morgan fingerprint density at radius 3 is 2.27 bits per heavy atom. The summed E-state index contributed by atoms with van der Waals surface area (Å²) < 4.78 is 8.24. The minimum absolute atomic E-state index is 0.476. The minimum Gasteiger partial charge on any atom is -0.486 e. The van der Waals surface area contributed by atoms with Crippen molar-refractivity contribution in [1.29, 1.82) is 0 Å². The Labute approximate surface area is 153 Å². The number of para-hydroxylation sites is 3. The largest absolute Gasteiger partial charge is 0.486 e. The van der Waals surface area contributed by atoms with E-state index in [9.17, 15) is 0 Å². The lowest BCUT2D eigenvalue weighted by molar-refractivity contribution is 0.290. The zero-order valence-corrected chi connectivity index (χ0v) is 14.7. The van der Waals surface area contributed by atoms with Crippen molar-refractivity contribution in [2.45, 2.75) is 26.0 Å². The van der Waals surface area contributed by atoms with E-state index in [0.717, 1.165) is 36.5 Å². The van der Waals surface area contributed by atoms with Crippen molar-refractivity contribution < 1.29 is 4.74 Å². The molecule has 0 fully saturated rings. The van der Waals surface area contributed by atoms with Gasteiger partial charge in [0.2, 0.25) is 0 Å². The normalized spacial score (nSPS) is 10.9. The molecule has 0 unspecified atom stereocenters. The molecule has 1 heterocycles. The van der Waals surface area contributed by atoms with Crippen LogP contribution in [0.5, 0.6) is 5.75 Å². The first-order chi connectivity index (χ1) is 12.9. The second-order valence-corrected chi connectivity index (χ2v) is 6.36. The molecule has 1 aromatic heterocycles. The highest BCUT2D eigenvalue weighted by Crippen LogP contribution is 2.19. The van der Waals surface area contributed by atoms with E-state index < -0.39 is 0 Å². The van der Waals surface area contributed by atoms with Gasteiger partial charge in [0, 0.05) is 6.54 Å². The Morgan fingerprint density at radius 1 is 0.769 bits per heavy atom. The SMILES string of the molecule is c1ccc(CCCn2c(COc3ccccc3)nc3ccccc32)cc1. The van der Waals surface area contributed by atoms with Crippen LogP contribution in [0.4, 0.5) is 0 Å². The summed E-state index contributed by atoms with van der Waals surface area (Å²) in [5.74, 6) is 1.85. The third kappa shape index (κ3) is 3.77. The molecule has 26 heavy (non-hydrogen) atoms. The summed E-state index contributed by atoms with van der Waals surface area (Å²) in [4.78, 5) is 4.79. The number of aryl methyl sites for hydroxylation is 2. The highest BCUT2D eigenvalue weighted by atomic mass is 16.5. The molecular weight excluding hydrogens is 320 g/mol. The van der Waals surface area contributed by atoms with Gasteiger partial charge in [-0.1, -0.05) is 60.7 Å². The fourth-order valence-electron chi connectivity index (χ4n) is 3.24. The lowest BCUT2D eigenvalue weighted by atomic mass is 10.1. The number of fused-ring (bicyclic) bond motifs is 1. The van der Waals surface area contributed by atoms with Gasteiger partial charge in [0.15, 0.2) is 0 Å². The number of rotatable bonds is 7. The highest BCUT2D eigenvalue weighted by Gasteiger charge is 2.11. The van der Waals surface area contributed by atoms with Crippen LogP contribution in [0.2, 0.25) is 0 Å². The van der Waals surface area contributed by atoms with Gasteiger partial charge >= 0.3 is 0 Å². The van der Waals surface area contributed by atoms with E-state index in [1.54, 1.807) is 0 Å². The van der Waals surface area contributed by atoms with Crippen LogP contribution >= 0.6 is 0 Å². The smallest absolute Gasteiger partial charge is 0.147 e. The molecule has 0 N–H and O–H groups in total. The Balaban J connectivity index is 1.51. The van der Waals surface area contributed by atoms with Gasteiger partial charge in [0.25, 0.3) is 0 Å². The molecule has 0 atom stereocenters. The average molecular weight is 342 g/mol. The highest BCUT2D eigenvalue weighted by molar-refractivity contribution is 5.75. The number of ether oxygens (including phenoxy) is 1. The maximum absolute atomic E-state index is 5.94. The lowest BCUT2D eigenvalue weighted by Gasteiger charge is -2.10. The first-order valence-electron chi connectivity index (χ1n) is 9.06. The van der Waals surface area contributed by atoms with Gasteiger partial charge in [-0.3, -0.25) is 0 Å². The van der Waals surface area contributed by atoms with Gasteiger partial charge in [-0.2, -0.15) is 0 Å². The quantitative estimate of drug-likeness (QED) is 0.459. The van der Waals surface area contributed by atoms with Crippen LogP contribution < -0.4 is 4.74 Å². The van der Waals surface area contributed by atoms with Crippen LogP contribution in [0.3, 0.4) is 0 Å². The molecule has 0 aliphatic heterocycles. The monoisotopic (exact) mass is 342 g/mol. The number of imidazole rings is 1. The van der Waals surface area contributed by atoms with Crippen molar-refractivity contribution in [1.82, 2.24) is 9.55 Å². The predicted molar refractivity (Wildman–Crippen MR) is 105 cm³/mol. The summed E-state index contributed by atoms with van der Waals surface area (Å²) in [6, 6.07) is 28.8. The molecule has 0 aliphatic rings. The van der Waals surface area contributed by atoms with Crippen LogP contribution in [0.15, 0.2) is 84.9 Å². The van der Waals surface area contributed by atoms with Crippen LogP contribution in [-0.2, 0) is 19.6 Å². The third-order valence-corrected chi connectivity index (χ3v) is 4.53. The van der Waals surface area contributed by atoms with Gasteiger partial charge in [-0.05, 0) is 42.7 Å². The fourth-order valence-corrected chi connectivity index (χ4v) is 3.24. The van der Waals surface area contributed by atoms with Gasteiger partial charge in [0.1, 0.15) is 18.2 Å². The molecule has 0 bridgehead atoms. The molecule has 0 saturated heterocycles. The van der Waals surface area contributed by atoms with Crippen LogP contribution in [0.25, 0.3) is 11.0 Å². The third-order valence-electron chi connectivity index (χ3n) is 4.53. The van der Waals surface area contributed by atoms with Crippen LogP contribution in [0, 0.1) is 0 Å². The number of nitrogens with zero attached hydrogens (tertiary/aromatic N) is 2. The second-order valence-electron chi connectivity index (χ2n) is 6.36. The Bertz CT molecular complexity index is 961. The Kier molecular flexibility index (Phi) is 4.97. The van der Waals surface area contributed by atoms with Crippen molar-refractivity contribution in [2.24, 2.45) is 0 Å². The number of aromatic nitrogens is 2. The molecule has 3 nitrogen and oxygen atoms in total. The van der Waals surface area contributed by atoms with E-state index in [0.29, 0.717) is 6.61 Å². The number of benzene rings is 3. The first kappa shape index (κ1) is 16.4. The Hall–Kier alpha value is -3.07. The summed E-state index contributed by atoms with van der Waals surface area (Å²) in [5.41, 5.74) is 3.57. The van der Waals surface area contributed by atoms with E-state index in [1.807, 2.05) is 36.4 Å². The fraction of sp³-hybridized carbons (Fsp3) is 0.174. The molecule has 0 radical (unpaired) electrons. The molecule has 4 rings (SSSR count). The maximum Gasteiger partial charge on any atom is 0.147 e. The summed E-state index contributed by atoms with van der Waals surface area (Å²) in [7, 11) is 0. The van der Waals surface area contributed by atoms with Crippen LogP contribution in [-0.4, -0.2) is 9.55 Å². The van der Waals surface area contributed by atoms with Crippen molar-refractivity contribution in [3.8, 4) is 5.75 Å². The van der Waals surface area contributed by atoms with Gasteiger partial charge in [-0.15, -0.1) is 0 Å². The lowest BCUT2D eigenvalue weighted by Crippen LogP contribution is -2.08. The van der Waals surface area contributed by atoms with Gasteiger partial charge in [-0.25, -0.2) is 4.98 Å². The Morgan fingerprint density at radius 2 is 1.46 bits per heavy atom. The van der Waals surface area contributed by atoms with Gasteiger partial charge in [0.05, 0.1) is 11.0 Å². The van der Waals surface area contributed by atoms with E-state index in [2.05, 4.69) is 53.1 Å². The standard InChI is InChI=1S/C23H22N2O/c1-3-10-19(11-4-1)12-9-17-25-22-16-8-7-15-21(22)24-23(25)18-26-20-13-5-2-6-14-20/h1-8,10-11,13-16H,9,12,17-18H2. The van der Waals surface area contributed by atoms with Crippen molar-refractivity contribution >= 4 is 11.0 Å². The summed E-state index contributed by atoms with van der Waals surface area (Å²) in [6.07, 6.45) is 2.13. The molecule has 0 amide bonds. The molecule has 4 aromatic rings. The van der Waals surface area contributed by atoms with Crippen molar-refractivity contribution in [3.05, 3.63) is 96.3 Å². The topological polar surface area (TPSA) is 27.1 Å². The second kappa shape index (κ2) is 7.87.